The Kier molecular flexibility index (Phi) is 6.24. The fourth-order valence-electron chi connectivity index (χ4n) is 2.62. The Morgan fingerprint density at radius 2 is 1.83 bits per heavy atom. The van der Waals surface area contributed by atoms with E-state index in [2.05, 4.69) is 15.5 Å². The Labute approximate surface area is 170 Å². The standard InChI is InChI=1S/C20H19F3N4O3/c1-3-29-17(28)12-27(2)19-26-25-18(30-19)15-6-4-5-7-16(15)24-14-10-8-13(9-11-14)20(21,22)23/h4-11,24H,3,12H2,1-2H3. The molecule has 0 unspecified atom stereocenters. The van der Waals surface area contributed by atoms with Gasteiger partial charge in [-0.25, -0.2) is 0 Å². The molecule has 30 heavy (non-hydrogen) atoms. The Morgan fingerprint density at radius 1 is 1.13 bits per heavy atom. The van der Waals surface area contributed by atoms with Gasteiger partial charge < -0.3 is 19.4 Å². The summed E-state index contributed by atoms with van der Waals surface area (Å²) in [7, 11) is 1.61. The van der Waals surface area contributed by atoms with E-state index in [1.165, 1.54) is 17.0 Å². The van der Waals surface area contributed by atoms with Gasteiger partial charge >= 0.3 is 18.2 Å². The third-order valence-electron chi connectivity index (χ3n) is 4.06. The molecule has 0 atom stereocenters. The zero-order valence-electron chi connectivity index (χ0n) is 16.2. The van der Waals surface area contributed by atoms with Gasteiger partial charge in [0.1, 0.15) is 6.54 Å². The first-order chi connectivity index (χ1) is 14.3. The zero-order chi connectivity index (χ0) is 21.7. The molecule has 0 amide bonds. The van der Waals surface area contributed by atoms with Gasteiger partial charge in [-0.1, -0.05) is 17.2 Å². The monoisotopic (exact) mass is 420 g/mol. The van der Waals surface area contributed by atoms with Gasteiger partial charge in [-0.05, 0) is 43.3 Å². The SMILES string of the molecule is CCOC(=O)CN(C)c1nnc(-c2ccccc2Nc2ccc(C(F)(F)F)cc2)o1. The molecule has 7 nitrogen and oxygen atoms in total. The first kappa shape index (κ1) is 21.2. The number of rotatable bonds is 7. The summed E-state index contributed by atoms with van der Waals surface area (Å²) in [6.45, 7) is 1.93. The summed E-state index contributed by atoms with van der Waals surface area (Å²) in [4.78, 5) is 13.1. The lowest BCUT2D eigenvalue weighted by molar-refractivity contribution is -0.141. The fraction of sp³-hybridized carbons (Fsp3) is 0.250. The van der Waals surface area contributed by atoms with Crippen molar-refractivity contribution in [3.8, 4) is 11.5 Å². The third kappa shape index (κ3) is 5.07. The number of benzene rings is 2. The minimum Gasteiger partial charge on any atom is -0.465 e. The van der Waals surface area contributed by atoms with E-state index in [1.54, 1.807) is 38.2 Å². The molecule has 0 fully saturated rings. The largest absolute Gasteiger partial charge is 0.465 e. The number of para-hydroxylation sites is 1. The van der Waals surface area contributed by atoms with Crippen LogP contribution in [-0.2, 0) is 15.7 Å². The summed E-state index contributed by atoms with van der Waals surface area (Å²) < 4.78 is 48.8. The molecule has 0 saturated heterocycles. The number of esters is 1. The minimum absolute atomic E-state index is 0.0546. The molecule has 0 bridgehead atoms. The number of likely N-dealkylation sites (N-methyl/N-ethyl adjacent to an activating group) is 1. The molecule has 0 saturated carbocycles. The predicted molar refractivity (Wildman–Crippen MR) is 104 cm³/mol. The van der Waals surface area contributed by atoms with Gasteiger partial charge in [0, 0.05) is 12.7 Å². The molecule has 2 aromatic carbocycles. The van der Waals surface area contributed by atoms with E-state index in [-0.39, 0.29) is 25.1 Å². The van der Waals surface area contributed by atoms with Crippen molar-refractivity contribution >= 4 is 23.4 Å². The highest BCUT2D eigenvalue weighted by atomic mass is 19.4. The van der Waals surface area contributed by atoms with Crippen LogP contribution in [0, 0.1) is 0 Å². The van der Waals surface area contributed by atoms with Gasteiger partial charge in [0.15, 0.2) is 0 Å². The lowest BCUT2D eigenvalue weighted by Crippen LogP contribution is -2.27. The number of aromatic nitrogens is 2. The third-order valence-corrected chi connectivity index (χ3v) is 4.06. The molecule has 158 valence electrons. The summed E-state index contributed by atoms with van der Waals surface area (Å²) >= 11 is 0. The maximum Gasteiger partial charge on any atom is 0.416 e. The number of carbonyl (C=O) groups is 1. The van der Waals surface area contributed by atoms with Crippen LogP contribution in [-0.4, -0.2) is 36.4 Å². The maximum absolute atomic E-state index is 12.7. The molecule has 0 aliphatic carbocycles. The smallest absolute Gasteiger partial charge is 0.416 e. The van der Waals surface area contributed by atoms with Crippen LogP contribution in [0.2, 0.25) is 0 Å². The van der Waals surface area contributed by atoms with E-state index in [0.717, 1.165) is 12.1 Å². The maximum atomic E-state index is 12.7. The van der Waals surface area contributed by atoms with Crippen molar-refractivity contribution in [3.63, 3.8) is 0 Å². The molecule has 0 aliphatic rings. The number of hydrogen-bond acceptors (Lipinski definition) is 7. The molecule has 3 aromatic rings. The van der Waals surface area contributed by atoms with E-state index in [0.29, 0.717) is 16.9 Å². The minimum atomic E-state index is -4.40. The second-order valence-corrected chi connectivity index (χ2v) is 6.30. The van der Waals surface area contributed by atoms with Crippen LogP contribution in [0.1, 0.15) is 12.5 Å². The number of alkyl halides is 3. The second-order valence-electron chi connectivity index (χ2n) is 6.30. The summed E-state index contributed by atoms with van der Waals surface area (Å²) in [5.41, 5.74) is 0.864. The normalized spacial score (nSPS) is 11.2. The highest BCUT2D eigenvalue weighted by Gasteiger charge is 2.30. The van der Waals surface area contributed by atoms with Gasteiger partial charge in [-0.2, -0.15) is 13.2 Å². The molecule has 3 rings (SSSR count). The van der Waals surface area contributed by atoms with Crippen molar-refractivity contribution in [1.29, 1.82) is 0 Å². The van der Waals surface area contributed by atoms with Crippen molar-refractivity contribution in [2.45, 2.75) is 13.1 Å². The molecular formula is C20H19F3N4O3. The average Bonchev–Trinajstić information content (AvgIpc) is 3.18. The van der Waals surface area contributed by atoms with Crippen LogP contribution < -0.4 is 10.2 Å². The number of ether oxygens (including phenoxy) is 1. The molecule has 0 spiro atoms. The van der Waals surface area contributed by atoms with Gasteiger partial charge in [-0.15, -0.1) is 5.10 Å². The van der Waals surface area contributed by atoms with Gasteiger partial charge in [0.05, 0.1) is 23.4 Å². The molecule has 1 aromatic heterocycles. The number of nitrogens with zero attached hydrogens (tertiary/aromatic N) is 3. The zero-order valence-corrected chi connectivity index (χ0v) is 16.2. The van der Waals surface area contributed by atoms with Crippen molar-refractivity contribution < 1.29 is 27.1 Å². The Morgan fingerprint density at radius 3 is 2.50 bits per heavy atom. The Balaban J connectivity index is 1.79. The summed E-state index contributed by atoms with van der Waals surface area (Å²) in [5.74, 6) is -0.236. The van der Waals surface area contributed by atoms with Crippen molar-refractivity contribution in [3.05, 3.63) is 54.1 Å². The van der Waals surface area contributed by atoms with Crippen molar-refractivity contribution in [2.24, 2.45) is 0 Å². The van der Waals surface area contributed by atoms with Crippen LogP contribution in [0.15, 0.2) is 52.9 Å². The Hall–Kier alpha value is -3.56. The van der Waals surface area contributed by atoms with Gasteiger partial charge in [0.25, 0.3) is 5.89 Å². The Bertz CT molecular complexity index is 1000. The number of nitrogens with one attached hydrogen (secondary N) is 1. The molecule has 0 aliphatic heterocycles. The van der Waals surface area contributed by atoms with E-state index >= 15 is 0 Å². The quantitative estimate of drug-likeness (QED) is 0.564. The van der Waals surface area contributed by atoms with Crippen LogP contribution in [0.4, 0.5) is 30.6 Å². The van der Waals surface area contributed by atoms with Gasteiger partial charge in [-0.3, -0.25) is 4.79 Å². The molecule has 1 N–H and O–H groups in total. The van der Waals surface area contributed by atoms with Crippen LogP contribution in [0.5, 0.6) is 0 Å². The number of carbonyl (C=O) groups excluding carboxylic acids is 1. The average molecular weight is 420 g/mol. The first-order valence-corrected chi connectivity index (χ1v) is 9.02. The van der Waals surface area contributed by atoms with E-state index in [1.807, 2.05) is 0 Å². The molecule has 10 heteroatoms. The molecular weight excluding hydrogens is 401 g/mol. The van der Waals surface area contributed by atoms with Crippen LogP contribution >= 0.6 is 0 Å². The predicted octanol–water partition coefficient (Wildman–Crippen LogP) is 4.50. The van der Waals surface area contributed by atoms with Crippen LogP contribution in [0.3, 0.4) is 0 Å². The fourth-order valence-corrected chi connectivity index (χ4v) is 2.62. The highest BCUT2D eigenvalue weighted by molar-refractivity contribution is 5.77. The van der Waals surface area contributed by atoms with E-state index in [9.17, 15) is 18.0 Å². The lowest BCUT2D eigenvalue weighted by Gasteiger charge is -2.13. The molecule has 0 radical (unpaired) electrons. The summed E-state index contributed by atoms with van der Waals surface area (Å²) in [6, 6.07) is 11.8. The van der Waals surface area contributed by atoms with E-state index < -0.39 is 17.7 Å². The number of halogens is 3. The second kappa shape index (κ2) is 8.85. The first-order valence-electron chi connectivity index (χ1n) is 9.02. The topological polar surface area (TPSA) is 80.5 Å². The number of hydrogen-bond donors (Lipinski definition) is 1. The number of anilines is 3. The summed E-state index contributed by atoms with van der Waals surface area (Å²) in [5, 5.41) is 11.0. The van der Waals surface area contributed by atoms with Crippen molar-refractivity contribution in [2.75, 3.05) is 30.4 Å². The highest BCUT2D eigenvalue weighted by Crippen LogP contribution is 2.33. The summed E-state index contributed by atoms with van der Waals surface area (Å²) in [6.07, 6.45) is -4.40. The van der Waals surface area contributed by atoms with Crippen molar-refractivity contribution in [1.82, 2.24) is 10.2 Å². The van der Waals surface area contributed by atoms with E-state index in [4.69, 9.17) is 9.15 Å². The molecule has 1 heterocycles. The van der Waals surface area contributed by atoms with Gasteiger partial charge in [0.2, 0.25) is 0 Å². The lowest BCUT2D eigenvalue weighted by atomic mass is 10.1. The van der Waals surface area contributed by atoms with Crippen LogP contribution in [0.25, 0.3) is 11.5 Å².